The number of benzene rings is 2. The third kappa shape index (κ3) is 7.71. The molecule has 0 aromatic heterocycles. The van der Waals surface area contributed by atoms with Gasteiger partial charge in [-0.05, 0) is 55.1 Å². The van der Waals surface area contributed by atoms with Gasteiger partial charge in [0.25, 0.3) is 0 Å². The average Bonchev–Trinajstić information content (AvgIpc) is 3.33. The van der Waals surface area contributed by atoms with Gasteiger partial charge in [-0.25, -0.2) is 0 Å². The molecule has 2 aromatic rings. The van der Waals surface area contributed by atoms with Gasteiger partial charge in [0, 0.05) is 18.3 Å². The van der Waals surface area contributed by atoms with Crippen LogP contribution in [0.5, 0.6) is 0 Å². The number of carbonyl (C=O) groups is 3. The molecule has 3 N–H and O–H groups in total. The Morgan fingerprint density at radius 1 is 0.879 bits per heavy atom. The molecule has 1 saturated carbocycles. The Kier molecular flexibility index (Phi) is 9.01. The Morgan fingerprint density at radius 2 is 1.45 bits per heavy atom. The molecule has 3 amide bonds. The Balaban J connectivity index is 1.54. The molecule has 0 radical (unpaired) electrons. The van der Waals surface area contributed by atoms with Crippen molar-refractivity contribution in [3.8, 4) is 0 Å². The number of anilines is 2. The first kappa shape index (κ1) is 24.5. The van der Waals surface area contributed by atoms with Crippen LogP contribution < -0.4 is 16.0 Å². The van der Waals surface area contributed by atoms with E-state index in [9.17, 15) is 14.4 Å². The topological polar surface area (TPSA) is 90.5 Å². The van der Waals surface area contributed by atoms with Crippen LogP contribution in [0.3, 0.4) is 0 Å². The Labute approximate surface area is 195 Å². The summed E-state index contributed by atoms with van der Waals surface area (Å²) in [5.74, 6) is 0.0543. The van der Waals surface area contributed by atoms with Crippen LogP contribution in [0.25, 0.3) is 0 Å². The maximum absolute atomic E-state index is 12.9. The van der Waals surface area contributed by atoms with Crippen molar-refractivity contribution >= 4 is 29.1 Å². The SMILES string of the molecule is CCN(CC(=O)Nc1ccc(NC(C)=O)cc1)CC(=O)NC(c1ccccc1)C1CCCC1. The van der Waals surface area contributed by atoms with Gasteiger partial charge in [-0.1, -0.05) is 50.1 Å². The maximum atomic E-state index is 12.9. The fourth-order valence-corrected chi connectivity index (χ4v) is 4.37. The molecule has 0 spiro atoms. The zero-order valence-corrected chi connectivity index (χ0v) is 19.5. The van der Waals surface area contributed by atoms with Gasteiger partial charge in [-0.15, -0.1) is 0 Å². The standard InChI is InChI=1S/C26H34N4O3/c1-3-30(17-24(32)28-23-15-13-22(14-16-23)27-19(2)31)18-25(33)29-26(21-11-7-8-12-21)20-9-5-4-6-10-20/h4-6,9-10,13-16,21,26H,3,7-8,11-12,17-18H2,1-2H3,(H,27,31)(H,28,32)(H,29,33). The van der Waals surface area contributed by atoms with Crippen molar-refractivity contribution in [1.29, 1.82) is 0 Å². The largest absolute Gasteiger partial charge is 0.348 e. The van der Waals surface area contributed by atoms with Crippen molar-refractivity contribution in [2.75, 3.05) is 30.3 Å². The summed E-state index contributed by atoms with van der Waals surface area (Å²) in [7, 11) is 0. The van der Waals surface area contributed by atoms with Crippen LogP contribution in [0.4, 0.5) is 11.4 Å². The van der Waals surface area contributed by atoms with E-state index in [1.807, 2.05) is 30.0 Å². The summed E-state index contributed by atoms with van der Waals surface area (Å²) in [4.78, 5) is 38.4. The second-order valence-electron chi connectivity index (χ2n) is 8.61. The van der Waals surface area contributed by atoms with Gasteiger partial charge >= 0.3 is 0 Å². The molecule has 0 aliphatic heterocycles. The predicted molar refractivity (Wildman–Crippen MR) is 131 cm³/mol. The van der Waals surface area contributed by atoms with E-state index in [-0.39, 0.29) is 36.9 Å². The molecule has 1 fully saturated rings. The van der Waals surface area contributed by atoms with Crippen LogP contribution >= 0.6 is 0 Å². The van der Waals surface area contributed by atoms with Gasteiger partial charge in [0.1, 0.15) is 0 Å². The van der Waals surface area contributed by atoms with Crippen LogP contribution in [0.2, 0.25) is 0 Å². The minimum Gasteiger partial charge on any atom is -0.348 e. The zero-order valence-electron chi connectivity index (χ0n) is 19.5. The van der Waals surface area contributed by atoms with Crippen molar-refractivity contribution in [2.24, 2.45) is 5.92 Å². The van der Waals surface area contributed by atoms with Crippen molar-refractivity contribution in [3.63, 3.8) is 0 Å². The molecule has 0 heterocycles. The lowest BCUT2D eigenvalue weighted by molar-refractivity contribution is -0.124. The monoisotopic (exact) mass is 450 g/mol. The molecular formula is C26H34N4O3. The van der Waals surface area contributed by atoms with E-state index in [1.165, 1.54) is 19.8 Å². The zero-order chi connectivity index (χ0) is 23.6. The van der Waals surface area contributed by atoms with Crippen LogP contribution in [0.15, 0.2) is 54.6 Å². The van der Waals surface area contributed by atoms with Gasteiger partial charge in [0.15, 0.2) is 0 Å². The van der Waals surface area contributed by atoms with Gasteiger partial charge in [0.05, 0.1) is 19.1 Å². The summed E-state index contributed by atoms with van der Waals surface area (Å²) in [5, 5.41) is 8.78. The van der Waals surface area contributed by atoms with E-state index >= 15 is 0 Å². The van der Waals surface area contributed by atoms with Crippen LogP contribution in [-0.4, -0.2) is 42.3 Å². The molecule has 2 aromatic carbocycles. The fourth-order valence-electron chi connectivity index (χ4n) is 4.37. The van der Waals surface area contributed by atoms with E-state index in [0.717, 1.165) is 18.4 Å². The van der Waals surface area contributed by atoms with Crippen molar-refractivity contribution in [3.05, 3.63) is 60.2 Å². The van der Waals surface area contributed by atoms with Crippen LogP contribution in [-0.2, 0) is 14.4 Å². The third-order valence-corrected chi connectivity index (χ3v) is 6.02. The number of carbonyl (C=O) groups excluding carboxylic acids is 3. The highest BCUT2D eigenvalue weighted by molar-refractivity contribution is 5.93. The molecule has 7 nitrogen and oxygen atoms in total. The van der Waals surface area contributed by atoms with Crippen molar-refractivity contribution < 1.29 is 14.4 Å². The summed E-state index contributed by atoms with van der Waals surface area (Å²) in [6.45, 7) is 4.26. The van der Waals surface area contributed by atoms with Crippen LogP contribution in [0, 0.1) is 5.92 Å². The number of hydrogen-bond donors (Lipinski definition) is 3. The average molecular weight is 451 g/mol. The maximum Gasteiger partial charge on any atom is 0.238 e. The second kappa shape index (κ2) is 12.2. The van der Waals surface area contributed by atoms with Crippen molar-refractivity contribution in [2.45, 2.75) is 45.6 Å². The molecule has 1 atom stereocenters. The Morgan fingerprint density at radius 3 is 2.03 bits per heavy atom. The summed E-state index contributed by atoms with van der Waals surface area (Å²) in [6, 6.07) is 17.1. The number of amides is 3. The van der Waals surface area contributed by atoms with E-state index in [1.54, 1.807) is 24.3 Å². The highest BCUT2D eigenvalue weighted by Gasteiger charge is 2.28. The molecule has 0 bridgehead atoms. The number of nitrogens with one attached hydrogen (secondary N) is 3. The van der Waals surface area contributed by atoms with Gasteiger partial charge < -0.3 is 16.0 Å². The second-order valence-corrected chi connectivity index (χ2v) is 8.61. The summed E-state index contributed by atoms with van der Waals surface area (Å²) in [5.41, 5.74) is 2.45. The molecule has 1 unspecified atom stereocenters. The molecule has 1 aliphatic rings. The first-order valence-electron chi connectivity index (χ1n) is 11.7. The third-order valence-electron chi connectivity index (χ3n) is 6.02. The number of likely N-dealkylation sites (N-methyl/N-ethyl adjacent to an activating group) is 1. The van der Waals surface area contributed by atoms with Gasteiger partial charge in [0.2, 0.25) is 17.7 Å². The van der Waals surface area contributed by atoms with E-state index < -0.39 is 0 Å². The normalized spacial score (nSPS) is 14.6. The lowest BCUT2D eigenvalue weighted by atomic mass is 9.91. The van der Waals surface area contributed by atoms with Gasteiger partial charge in [-0.2, -0.15) is 0 Å². The highest BCUT2D eigenvalue weighted by atomic mass is 16.2. The Bertz CT molecular complexity index is 924. The molecule has 1 aliphatic carbocycles. The molecule has 176 valence electrons. The molecule has 7 heteroatoms. The first-order valence-corrected chi connectivity index (χ1v) is 11.7. The molecule has 33 heavy (non-hydrogen) atoms. The summed E-state index contributed by atoms with van der Waals surface area (Å²) < 4.78 is 0. The lowest BCUT2D eigenvalue weighted by Gasteiger charge is -2.27. The lowest BCUT2D eigenvalue weighted by Crippen LogP contribution is -2.43. The summed E-state index contributed by atoms with van der Waals surface area (Å²) in [6.07, 6.45) is 4.66. The predicted octanol–water partition coefficient (Wildman–Crippen LogP) is 3.95. The number of nitrogens with zero attached hydrogens (tertiary/aromatic N) is 1. The van der Waals surface area contributed by atoms with E-state index in [0.29, 0.717) is 23.8 Å². The van der Waals surface area contributed by atoms with Crippen LogP contribution in [0.1, 0.15) is 51.1 Å². The number of hydrogen-bond acceptors (Lipinski definition) is 4. The quantitative estimate of drug-likeness (QED) is 0.511. The highest BCUT2D eigenvalue weighted by Crippen LogP contribution is 2.35. The smallest absolute Gasteiger partial charge is 0.238 e. The minimum absolute atomic E-state index is 0.0101. The summed E-state index contributed by atoms with van der Waals surface area (Å²) >= 11 is 0. The minimum atomic E-state index is -0.188. The molecular weight excluding hydrogens is 416 g/mol. The number of rotatable bonds is 10. The fraction of sp³-hybridized carbons (Fsp3) is 0.423. The van der Waals surface area contributed by atoms with E-state index in [4.69, 9.17) is 0 Å². The van der Waals surface area contributed by atoms with Gasteiger partial charge in [-0.3, -0.25) is 19.3 Å². The molecule has 0 saturated heterocycles. The molecule has 3 rings (SSSR count). The van der Waals surface area contributed by atoms with E-state index in [2.05, 4.69) is 28.1 Å². The first-order chi connectivity index (χ1) is 15.9. The Hall–Kier alpha value is -3.19. The van der Waals surface area contributed by atoms with Crippen molar-refractivity contribution in [1.82, 2.24) is 10.2 Å².